The van der Waals surface area contributed by atoms with E-state index in [4.69, 9.17) is 9.15 Å². The number of carbonyl (C=O) groups excluding carboxylic acids is 1. The number of para-hydroxylation sites is 1. The van der Waals surface area contributed by atoms with Gasteiger partial charge < -0.3 is 9.15 Å². The predicted molar refractivity (Wildman–Crippen MR) is 143 cm³/mol. The van der Waals surface area contributed by atoms with Crippen LogP contribution in [0.15, 0.2) is 111 Å². The fourth-order valence-corrected chi connectivity index (χ4v) is 5.09. The number of alkyl halides is 3. The van der Waals surface area contributed by atoms with Crippen molar-refractivity contribution in [2.24, 2.45) is 0 Å². The Balaban J connectivity index is 1.56. The third kappa shape index (κ3) is 4.48. The van der Waals surface area contributed by atoms with Gasteiger partial charge in [0.1, 0.15) is 17.1 Å². The van der Waals surface area contributed by atoms with E-state index in [1.807, 2.05) is 18.2 Å². The Kier molecular flexibility index (Phi) is 6.03. The van der Waals surface area contributed by atoms with Gasteiger partial charge in [-0.25, -0.2) is 0 Å². The Labute approximate surface area is 228 Å². The molecule has 39 heavy (non-hydrogen) atoms. The maximum absolute atomic E-state index is 13.8. The summed E-state index contributed by atoms with van der Waals surface area (Å²) < 4.78 is 53.3. The van der Waals surface area contributed by atoms with E-state index < -0.39 is 29.1 Å². The average Bonchev–Trinajstić information content (AvgIpc) is 3.22. The van der Waals surface area contributed by atoms with Crippen molar-refractivity contribution >= 4 is 38.5 Å². The van der Waals surface area contributed by atoms with Crippen LogP contribution in [-0.4, -0.2) is 5.91 Å². The molecule has 0 saturated carbocycles. The molecule has 9 heteroatoms. The topological polar surface area (TPSA) is 59.8 Å². The molecule has 1 aromatic heterocycles. The zero-order valence-corrected chi connectivity index (χ0v) is 21.5. The number of hydrogen-bond acceptors (Lipinski definition) is 4. The highest BCUT2D eigenvalue weighted by molar-refractivity contribution is 9.10. The lowest BCUT2D eigenvalue weighted by atomic mass is 9.98. The van der Waals surface area contributed by atoms with Crippen LogP contribution in [0, 0.1) is 0 Å². The lowest BCUT2D eigenvalue weighted by molar-refractivity contribution is -0.137. The van der Waals surface area contributed by atoms with Gasteiger partial charge in [0, 0.05) is 10.2 Å². The van der Waals surface area contributed by atoms with Crippen molar-refractivity contribution in [2.45, 2.75) is 12.2 Å². The highest BCUT2D eigenvalue weighted by atomic mass is 79.9. The van der Waals surface area contributed by atoms with Gasteiger partial charge in [-0.2, -0.15) is 13.2 Å². The van der Waals surface area contributed by atoms with Crippen molar-refractivity contribution in [1.82, 2.24) is 0 Å². The molecule has 5 aromatic rings. The van der Waals surface area contributed by atoms with E-state index in [0.29, 0.717) is 21.5 Å². The summed E-state index contributed by atoms with van der Waals surface area (Å²) in [5.74, 6) is 0.0661. The van der Waals surface area contributed by atoms with E-state index in [2.05, 4.69) is 15.9 Å². The van der Waals surface area contributed by atoms with Crippen LogP contribution in [0.25, 0.3) is 11.0 Å². The summed E-state index contributed by atoms with van der Waals surface area (Å²) in [6.07, 6.45) is -4.63. The smallest absolute Gasteiger partial charge is 0.416 e. The Morgan fingerprint density at radius 1 is 0.821 bits per heavy atom. The normalized spacial score (nSPS) is 15.0. The van der Waals surface area contributed by atoms with Gasteiger partial charge in [-0.05, 0) is 66.2 Å². The van der Waals surface area contributed by atoms with Gasteiger partial charge in [0.15, 0.2) is 5.43 Å². The van der Waals surface area contributed by atoms with Crippen LogP contribution in [-0.2, 0) is 6.18 Å². The van der Waals surface area contributed by atoms with Crippen molar-refractivity contribution in [2.75, 3.05) is 4.90 Å². The van der Waals surface area contributed by atoms with Crippen LogP contribution in [0.2, 0.25) is 0 Å². The number of rotatable bonds is 4. The minimum atomic E-state index is -4.63. The summed E-state index contributed by atoms with van der Waals surface area (Å²) in [6.45, 7) is 0. The van der Waals surface area contributed by atoms with Gasteiger partial charge >= 0.3 is 6.18 Å². The highest BCUT2D eigenvalue weighted by Crippen LogP contribution is 2.43. The number of anilines is 1. The molecule has 4 aromatic carbocycles. The first-order chi connectivity index (χ1) is 18.7. The summed E-state index contributed by atoms with van der Waals surface area (Å²) in [5.41, 5.74) is -0.687. The standard InChI is InChI=1S/C30H17BrF3NO4/c31-19-12-13-24-23(16-19)27(36)25-26(17-6-4-11-22(14-17)38-21-9-2-1-3-10-21)35(29(37)28(25)39-24)20-8-5-7-18(15-20)30(32,33)34/h1-16,26H. The third-order valence-corrected chi connectivity index (χ3v) is 6.93. The molecule has 0 saturated heterocycles. The van der Waals surface area contributed by atoms with Crippen molar-refractivity contribution in [3.8, 4) is 11.5 Å². The van der Waals surface area contributed by atoms with Crippen LogP contribution in [0.3, 0.4) is 0 Å². The minimum absolute atomic E-state index is 0.0229. The van der Waals surface area contributed by atoms with E-state index in [9.17, 15) is 22.8 Å². The SMILES string of the molecule is O=C1c2oc3ccc(Br)cc3c(=O)c2C(c2cccc(Oc3ccccc3)c2)N1c1cccc(C(F)(F)F)c1. The quantitative estimate of drug-likeness (QED) is 0.212. The number of halogens is 4. The van der Waals surface area contributed by atoms with Crippen molar-refractivity contribution in [1.29, 1.82) is 0 Å². The van der Waals surface area contributed by atoms with Gasteiger partial charge in [-0.1, -0.05) is 52.3 Å². The molecule has 0 bridgehead atoms. The van der Waals surface area contributed by atoms with Crippen LogP contribution in [0.5, 0.6) is 11.5 Å². The Morgan fingerprint density at radius 2 is 1.56 bits per heavy atom. The Bertz CT molecular complexity index is 1800. The first-order valence-electron chi connectivity index (χ1n) is 11.8. The second-order valence-electron chi connectivity index (χ2n) is 8.93. The molecule has 0 fully saturated rings. The largest absolute Gasteiger partial charge is 0.457 e. The molecule has 2 heterocycles. The van der Waals surface area contributed by atoms with Gasteiger partial charge in [0.25, 0.3) is 5.91 Å². The maximum atomic E-state index is 13.8. The number of amides is 1. The van der Waals surface area contributed by atoms with Crippen LogP contribution < -0.4 is 15.1 Å². The van der Waals surface area contributed by atoms with Gasteiger partial charge in [-0.3, -0.25) is 14.5 Å². The molecule has 1 atom stereocenters. The Morgan fingerprint density at radius 3 is 2.33 bits per heavy atom. The van der Waals surface area contributed by atoms with E-state index >= 15 is 0 Å². The highest BCUT2D eigenvalue weighted by Gasteiger charge is 2.44. The lowest BCUT2D eigenvalue weighted by Gasteiger charge is -2.26. The van der Waals surface area contributed by atoms with E-state index in [0.717, 1.165) is 12.1 Å². The molecule has 0 aliphatic carbocycles. The second kappa shape index (κ2) is 9.43. The fourth-order valence-electron chi connectivity index (χ4n) is 4.73. The summed E-state index contributed by atoms with van der Waals surface area (Å²) in [4.78, 5) is 28.7. The fraction of sp³-hybridized carbons (Fsp3) is 0.0667. The number of carbonyl (C=O) groups is 1. The molecule has 0 N–H and O–H groups in total. The number of hydrogen-bond donors (Lipinski definition) is 0. The first-order valence-corrected chi connectivity index (χ1v) is 12.6. The number of benzene rings is 4. The molecule has 1 aliphatic heterocycles. The zero-order chi connectivity index (χ0) is 27.3. The summed E-state index contributed by atoms with van der Waals surface area (Å²) in [7, 11) is 0. The molecule has 1 amide bonds. The number of fused-ring (bicyclic) bond motifs is 2. The van der Waals surface area contributed by atoms with E-state index in [-0.39, 0.29) is 28.0 Å². The molecule has 1 aliphatic rings. The molecular formula is C30H17BrF3NO4. The van der Waals surface area contributed by atoms with Gasteiger partial charge in [-0.15, -0.1) is 0 Å². The zero-order valence-electron chi connectivity index (χ0n) is 19.9. The van der Waals surface area contributed by atoms with Crippen LogP contribution in [0.4, 0.5) is 18.9 Å². The minimum Gasteiger partial charge on any atom is -0.457 e. The molecule has 1 unspecified atom stereocenters. The average molecular weight is 592 g/mol. The summed E-state index contributed by atoms with van der Waals surface area (Å²) in [5, 5.41) is 0.239. The first kappa shape index (κ1) is 24.9. The molecule has 194 valence electrons. The molecule has 0 radical (unpaired) electrons. The molecular weight excluding hydrogens is 575 g/mol. The Hall–Kier alpha value is -4.37. The van der Waals surface area contributed by atoms with Crippen LogP contribution >= 0.6 is 15.9 Å². The van der Waals surface area contributed by atoms with Gasteiger partial charge in [0.2, 0.25) is 5.76 Å². The van der Waals surface area contributed by atoms with E-state index in [1.165, 1.54) is 17.0 Å². The van der Waals surface area contributed by atoms with Crippen molar-refractivity contribution in [3.05, 3.63) is 134 Å². The van der Waals surface area contributed by atoms with Crippen molar-refractivity contribution < 1.29 is 27.1 Å². The second-order valence-corrected chi connectivity index (χ2v) is 9.84. The van der Waals surface area contributed by atoms with Crippen LogP contribution in [0.1, 0.15) is 33.3 Å². The molecule has 0 spiro atoms. The monoisotopic (exact) mass is 591 g/mol. The van der Waals surface area contributed by atoms with E-state index in [1.54, 1.807) is 54.6 Å². The third-order valence-electron chi connectivity index (χ3n) is 6.44. The predicted octanol–water partition coefficient (Wildman–Crippen LogP) is 8.12. The van der Waals surface area contributed by atoms with Crippen molar-refractivity contribution in [3.63, 3.8) is 0 Å². The maximum Gasteiger partial charge on any atom is 0.416 e. The lowest BCUT2D eigenvalue weighted by Crippen LogP contribution is -2.29. The number of ether oxygens (including phenoxy) is 1. The summed E-state index contributed by atoms with van der Waals surface area (Å²) in [6, 6.07) is 24.0. The molecule has 6 rings (SSSR count). The number of nitrogens with zero attached hydrogens (tertiary/aromatic N) is 1. The van der Waals surface area contributed by atoms with Gasteiger partial charge in [0.05, 0.1) is 22.6 Å². The molecule has 5 nitrogen and oxygen atoms in total. The summed E-state index contributed by atoms with van der Waals surface area (Å²) >= 11 is 3.35.